The fraction of sp³-hybridized carbons (Fsp3) is 0.400. The van der Waals surface area contributed by atoms with Gasteiger partial charge in [0, 0.05) is 12.1 Å². The van der Waals surface area contributed by atoms with Gasteiger partial charge in [0.05, 0.1) is 5.41 Å². The molecule has 1 atom stereocenters. The van der Waals surface area contributed by atoms with Gasteiger partial charge in [-0.25, -0.2) is 0 Å². The highest BCUT2D eigenvalue weighted by Gasteiger charge is 2.57. The highest BCUT2D eigenvalue weighted by molar-refractivity contribution is 6.07. The van der Waals surface area contributed by atoms with Crippen LogP contribution in [0, 0.1) is 5.41 Å². The van der Waals surface area contributed by atoms with Crippen molar-refractivity contribution in [3.05, 3.63) is 35.4 Å². The van der Waals surface area contributed by atoms with Gasteiger partial charge in [-0.15, -0.1) is 0 Å². The highest BCUT2D eigenvalue weighted by Crippen LogP contribution is 2.52. The summed E-state index contributed by atoms with van der Waals surface area (Å²) in [5.74, 6) is -0.609. The fourth-order valence-electron chi connectivity index (χ4n) is 3.25. The Balaban J connectivity index is 1.65. The van der Waals surface area contributed by atoms with E-state index in [2.05, 4.69) is 5.32 Å². The third-order valence-corrected chi connectivity index (χ3v) is 4.68. The second-order valence-electron chi connectivity index (χ2n) is 5.91. The molecule has 1 saturated heterocycles. The molecule has 5 heteroatoms. The molecule has 102 valence electrons. The summed E-state index contributed by atoms with van der Waals surface area (Å²) >= 11 is 0. The smallest absolute Gasteiger partial charge is 0.255 e. The van der Waals surface area contributed by atoms with Crippen molar-refractivity contribution in [3.8, 4) is 0 Å². The normalized spacial score (nSPS) is 26.7. The molecule has 0 bridgehead atoms. The molecule has 1 saturated carbocycles. The Bertz CT molecular complexity index is 648. The summed E-state index contributed by atoms with van der Waals surface area (Å²) in [6.45, 7) is 0.456. The van der Waals surface area contributed by atoms with Crippen LogP contribution < -0.4 is 5.32 Å². The van der Waals surface area contributed by atoms with Crippen molar-refractivity contribution in [2.24, 2.45) is 5.41 Å². The van der Waals surface area contributed by atoms with Crippen LogP contribution in [0.2, 0.25) is 0 Å². The zero-order chi connectivity index (χ0) is 13.9. The lowest BCUT2D eigenvalue weighted by Gasteiger charge is -2.33. The lowest BCUT2D eigenvalue weighted by atomic mass is 9.90. The van der Waals surface area contributed by atoms with E-state index in [-0.39, 0.29) is 17.7 Å². The largest absolute Gasteiger partial charge is 0.322 e. The van der Waals surface area contributed by atoms with Crippen molar-refractivity contribution < 1.29 is 14.4 Å². The van der Waals surface area contributed by atoms with Crippen LogP contribution in [0.1, 0.15) is 35.2 Å². The molecule has 2 fully saturated rings. The van der Waals surface area contributed by atoms with E-state index in [1.54, 1.807) is 11.0 Å². The molecule has 0 radical (unpaired) electrons. The van der Waals surface area contributed by atoms with Crippen molar-refractivity contribution in [1.82, 2.24) is 10.2 Å². The first kappa shape index (κ1) is 11.6. The Labute approximate surface area is 115 Å². The topological polar surface area (TPSA) is 66.5 Å². The van der Waals surface area contributed by atoms with Gasteiger partial charge in [-0.2, -0.15) is 0 Å². The first-order valence-electron chi connectivity index (χ1n) is 6.85. The molecule has 3 amide bonds. The number of fused-ring (bicyclic) bond motifs is 1. The summed E-state index contributed by atoms with van der Waals surface area (Å²) in [5.41, 5.74) is 1.22. The van der Waals surface area contributed by atoms with Gasteiger partial charge in [-0.1, -0.05) is 18.2 Å². The van der Waals surface area contributed by atoms with Crippen LogP contribution in [0.3, 0.4) is 0 Å². The zero-order valence-corrected chi connectivity index (χ0v) is 10.9. The molecule has 3 aliphatic rings. The Morgan fingerprint density at radius 2 is 1.90 bits per heavy atom. The van der Waals surface area contributed by atoms with E-state index >= 15 is 0 Å². The third kappa shape index (κ3) is 1.46. The zero-order valence-electron chi connectivity index (χ0n) is 10.9. The van der Waals surface area contributed by atoms with Gasteiger partial charge in [0.15, 0.2) is 0 Å². The molecule has 20 heavy (non-hydrogen) atoms. The number of rotatable bonds is 1. The molecular formula is C15H14N2O3. The number of nitrogens with one attached hydrogen (secondary N) is 1. The lowest BCUT2D eigenvalue weighted by molar-refractivity contribution is -0.141. The highest BCUT2D eigenvalue weighted by atomic mass is 16.2. The molecule has 1 aromatic rings. The second-order valence-corrected chi connectivity index (χ2v) is 5.91. The standard InChI is InChI=1S/C15H14N2O3/c18-12-11(7-15(5-6-15)14(20)16-12)17-8-9-3-1-2-4-10(9)13(17)19/h1-4,11H,5-8H2,(H,16,18,20). The first-order valence-corrected chi connectivity index (χ1v) is 6.85. The molecule has 1 aromatic carbocycles. The molecule has 2 aliphatic heterocycles. The Kier molecular flexibility index (Phi) is 2.14. The molecule has 5 nitrogen and oxygen atoms in total. The van der Waals surface area contributed by atoms with Crippen molar-refractivity contribution in [1.29, 1.82) is 0 Å². The number of carbonyl (C=O) groups excluding carboxylic acids is 3. The van der Waals surface area contributed by atoms with E-state index in [1.165, 1.54) is 0 Å². The molecule has 4 rings (SSSR count). The second kappa shape index (κ2) is 3.69. The van der Waals surface area contributed by atoms with Crippen molar-refractivity contribution in [2.45, 2.75) is 31.8 Å². The van der Waals surface area contributed by atoms with Crippen LogP contribution in [0.4, 0.5) is 0 Å². The van der Waals surface area contributed by atoms with E-state index in [1.807, 2.05) is 18.2 Å². The lowest BCUT2D eigenvalue weighted by Crippen LogP contribution is -2.56. The minimum absolute atomic E-state index is 0.106. The van der Waals surface area contributed by atoms with Crippen LogP contribution in [0.5, 0.6) is 0 Å². The molecule has 1 N–H and O–H groups in total. The van der Waals surface area contributed by atoms with Gasteiger partial charge in [-0.3, -0.25) is 19.7 Å². The van der Waals surface area contributed by atoms with Crippen LogP contribution in [0.15, 0.2) is 24.3 Å². The van der Waals surface area contributed by atoms with Crippen LogP contribution in [-0.4, -0.2) is 28.7 Å². The SMILES string of the molecule is O=C1NC(=O)C2(CC2)CC1N1Cc2ccccc2C1=O. The fourth-order valence-corrected chi connectivity index (χ4v) is 3.25. The number of piperidine rings is 1. The number of carbonyl (C=O) groups is 3. The predicted octanol–water partition coefficient (Wildman–Crippen LogP) is 0.838. The quantitative estimate of drug-likeness (QED) is 0.769. The van der Waals surface area contributed by atoms with Gasteiger partial charge in [0.2, 0.25) is 11.8 Å². The molecule has 1 aliphatic carbocycles. The van der Waals surface area contributed by atoms with E-state index < -0.39 is 11.5 Å². The maximum Gasteiger partial charge on any atom is 0.255 e. The van der Waals surface area contributed by atoms with Gasteiger partial charge >= 0.3 is 0 Å². The summed E-state index contributed by atoms with van der Waals surface area (Å²) in [7, 11) is 0. The Morgan fingerprint density at radius 1 is 1.15 bits per heavy atom. The van der Waals surface area contributed by atoms with Gasteiger partial charge in [0.1, 0.15) is 6.04 Å². The van der Waals surface area contributed by atoms with Crippen LogP contribution in [0.25, 0.3) is 0 Å². The van der Waals surface area contributed by atoms with Gasteiger partial charge in [-0.05, 0) is 30.9 Å². The Hall–Kier alpha value is -2.17. The summed E-state index contributed by atoms with van der Waals surface area (Å²) in [6, 6.07) is 6.90. The van der Waals surface area contributed by atoms with Crippen molar-refractivity contribution in [2.75, 3.05) is 0 Å². The van der Waals surface area contributed by atoms with Crippen molar-refractivity contribution >= 4 is 17.7 Å². The summed E-state index contributed by atoms with van der Waals surface area (Å²) < 4.78 is 0. The van der Waals surface area contributed by atoms with Crippen LogP contribution >= 0.6 is 0 Å². The number of imide groups is 1. The molecular weight excluding hydrogens is 256 g/mol. The van der Waals surface area contributed by atoms with Gasteiger partial charge in [0.25, 0.3) is 5.91 Å². The Morgan fingerprint density at radius 3 is 2.60 bits per heavy atom. The number of amides is 3. The predicted molar refractivity (Wildman–Crippen MR) is 69.5 cm³/mol. The maximum atomic E-state index is 12.4. The van der Waals surface area contributed by atoms with Gasteiger partial charge < -0.3 is 4.90 Å². The number of hydrogen-bond acceptors (Lipinski definition) is 3. The van der Waals surface area contributed by atoms with E-state index in [0.717, 1.165) is 18.4 Å². The van der Waals surface area contributed by atoms with E-state index in [0.29, 0.717) is 18.5 Å². The van der Waals surface area contributed by atoms with E-state index in [9.17, 15) is 14.4 Å². The molecule has 1 spiro atoms. The number of hydrogen-bond donors (Lipinski definition) is 1. The minimum Gasteiger partial charge on any atom is -0.322 e. The molecule has 1 unspecified atom stereocenters. The average Bonchev–Trinajstić information content (AvgIpc) is 3.15. The van der Waals surface area contributed by atoms with E-state index in [4.69, 9.17) is 0 Å². The maximum absolute atomic E-state index is 12.4. The molecule has 2 heterocycles. The summed E-state index contributed by atoms with van der Waals surface area (Å²) in [4.78, 5) is 37.9. The van der Waals surface area contributed by atoms with Crippen LogP contribution in [-0.2, 0) is 16.1 Å². The molecule has 0 aromatic heterocycles. The summed E-state index contributed by atoms with van der Waals surface area (Å²) in [5, 5.41) is 2.43. The first-order chi connectivity index (χ1) is 9.61. The summed E-state index contributed by atoms with van der Waals surface area (Å²) in [6.07, 6.45) is 2.10. The van der Waals surface area contributed by atoms with Crippen molar-refractivity contribution in [3.63, 3.8) is 0 Å². The number of nitrogens with zero attached hydrogens (tertiary/aromatic N) is 1. The third-order valence-electron chi connectivity index (χ3n) is 4.68. The monoisotopic (exact) mass is 270 g/mol. The minimum atomic E-state index is -0.518. The average molecular weight is 270 g/mol. The number of benzene rings is 1.